The lowest BCUT2D eigenvalue weighted by Gasteiger charge is -1.98. The Kier molecular flexibility index (Phi) is 15.7. The number of alkyl halides is 1. The molecule has 0 aliphatic carbocycles. The van der Waals surface area contributed by atoms with Gasteiger partial charge in [0.05, 0.1) is 0 Å². The van der Waals surface area contributed by atoms with E-state index in [1.54, 1.807) is 0 Å². The zero-order chi connectivity index (χ0) is 12.8. The first-order valence-corrected chi connectivity index (χ1v) is 6.20. The summed E-state index contributed by atoms with van der Waals surface area (Å²) in [6.07, 6.45) is 7.30. The van der Waals surface area contributed by atoms with Crippen LogP contribution in [0.25, 0.3) is 0 Å². The van der Waals surface area contributed by atoms with Crippen molar-refractivity contribution in [2.45, 2.75) is 51.4 Å². The van der Waals surface area contributed by atoms with Gasteiger partial charge in [-0.1, -0.05) is 25.7 Å². The largest absolute Gasteiger partial charge is 0.481 e. The van der Waals surface area contributed by atoms with Gasteiger partial charge in [-0.3, -0.25) is 9.59 Å². The number of aliphatic carboxylic acids is 2. The summed E-state index contributed by atoms with van der Waals surface area (Å²) in [6.45, 7) is 0. The van der Waals surface area contributed by atoms with E-state index in [4.69, 9.17) is 10.2 Å². The molecule has 0 aromatic carbocycles. The highest BCUT2D eigenvalue weighted by Gasteiger charge is 1.98. The summed E-state index contributed by atoms with van der Waals surface area (Å²) in [6, 6.07) is 0. The normalized spacial score (nSPS) is 9.12. The number of hydrogen-bond donors (Lipinski definition) is 2. The van der Waals surface area contributed by atoms with Crippen LogP contribution in [0.2, 0.25) is 0 Å². The monoisotopic (exact) mass is 252 g/mol. The van der Waals surface area contributed by atoms with Crippen molar-refractivity contribution in [3.8, 4) is 0 Å². The van der Waals surface area contributed by atoms with Crippen molar-refractivity contribution in [2.75, 3.05) is 6.38 Å². The van der Waals surface area contributed by atoms with E-state index in [1.807, 2.05) is 0 Å². The molecule has 0 saturated heterocycles. The standard InChI is InChI=1S/C10H18O4.CH3Cl/c11-9(12)7-5-3-1-2-4-6-8-10(13)14;1-2/h1-8H2,(H,11,12)(H,13,14);1H3. The minimum Gasteiger partial charge on any atom is -0.481 e. The van der Waals surface area contributed by atoms with Crippen LogP contribution in [0, 0.1) is 0 Å². The summed E-state index contributed by atoms with van der Waals surface area (Å²) in [5.41, 5.74) is 0. The second kappa shape index (κ2) is 14.2. The van der Waals surface area contributed by atoms with Crippen molar-refractivity contribution >= 4 is 23.5 Å². The van der Waals surface area contributed by atoms with E-state index in [1.165, 1.54) is 6.38 Å². The second-order valence-corrected chi connectivity index (χ2v) is 3.41. The Bertz CT molecular complexity index is 163. The molecule has 16 heavy (non-hydrogen) atoms. The number of carboxylic acids is 2. The first-order chi connectivity index (χ1) is 7.63. The maximum Gasteiger partial charge on any atom is 0.303 e. The highest BCUT2D eigenvalue weighted by molar-refractivity contribution is 6.15. The molecule has 0 aliphatic rings. The highest BCUT2D eigenvalue weighted by Crippen LogP contribution is 2.08. The molecule has 5 heteroatoms. The molecule has 0 aliphatic heterocycles. The summed E-state index contributed by atoms with van der Waals surface area (Å²) in [5.74, 6) is -1.48. The van der Waals surface area contributed by atoms with Crippen molar-refractivity contribution in [3.63, 3.8) is 0 Å². The molecule has 0 fully saturated rings. The molecular formula is C11H21ClO4. The zero-order valence-electron chi connectivity index (χ0n) is 9.75. The third-order valence-corrected chi connectivity index (χ3v) is 2.03. The number of halogens is 1. The maximum absolute atomic E-state index is 10.1. The van der Waals surface area contributed by atoms with E-state index < -0.39 is 11.9 Å². The van der Waals surface area contributed by atoms with Gasteiger partial charge in [-0.2, -0.15) is 0 Å². The molecule has 96 valence electrons. The van der Waals surface area contributed by atoms with Crippen molar-refractivity contribution in [3.05, 3.63) is 0 Å². The van der Waals surface area contributed by atoms with Gasteiger partial charge in [0.2, 0.25) is 0 Å². The Hall–Kier alpha value is -0.770. The van der Waals surface area contributed by atoms with Gasteiger partial charge in [-0.25, -0.2) is 0 Å². The molecule has 0 radical (unpaired) electrons. The van der Waals surface area contributed by atoms with Crippen LogP contribution in [0.4, 0.5) is 0 Å². The molecule has 0 rings (SSSR count). The van der Waals surface area contributed by atoms with Gasteiger partial charge in [0, 0.05) is 19.2 Å². The van der Waals surface area contributed by atoms with Crippen LogP contribution >= 0.6 is 11.6 Å². The zero-order valence-corrected chi connectivity index (χ0v) is 10.5. The molecule has 0 saturated carbocycles. The molecule has 0 heterocycles. The summed E-state index contributed by atoms with van der Waals surface area (Å²) in [7, 11) is 0. The van der Waals surface area contributed by atoms with Crippen LogP contribution in [0.1, 0.15) is 51.4 Å². The van der Waals surface area contributed by atoms with Gasteiger partial charge in [-0.15, -0.1) is 11.6 Å². The molecule has 2 N–H and O–H groups in total. The predicted molar refractivity (Wildman–Crippen MR) is 64.0 cm³/mol. The van der Waals surface area contributed by atoms with Crippen LogP contribution in [0.3, 0.4) is 0 Å². The first-order valence-electron chi connectivity index (χ1n) is 5.44. The second-order valence-electron chi connectivity index (χ2n) is 3.41. The van der Waals surface area contributed by atoms with Gasteiger partial charge in [0.1, 0.15) is 0 Å². The third-order valence-electron chi connectivity index (χ3n) is 2.03. The van der Waals surface area contributed by atoms with Crippen LogP contribution in [0.5, 0.6) is 0 Å². The van der Waals surface area contributed by atoms with E-state index >= 15 is 0 Å². The Labute approximate surface area is 102 Å². The SMILES string of the molecule is CCl.O=C(O)CCCCCCCCC(=O)O. The van der Waals surface area contributed by atoms with Crippen LogP contribution in [0.15, 0.2) is 0 Å². The Morgan fingerprint density at radius 3 is 1.25 bits per heavy atom. The van der Waals surface area contributed by atoms with Gasteiger partial charge in [0.15, 0.2) is 0 Å². The van der Waals surface area contributed by atoms with Crippen molar-refractivity contribution < 1.29 is 19.8 Å². The first kappa shape index (κ1) is 17.6. The van der Waals surface area contributed by atoms with E-state index in [0.29, 0.717) is 0 Å². The quantitative estimate of drug-likeness (QED) is 0.488. The topological polar surface area (TPSA) is 74.6 Å². The van der Waals surface area contributed by atoms with E-state index in [2.05, 4.69) is 11.6 Å². The molecule has 0 aromatic heterocycles. The van der Waals surface area contributed by atoms with Gasteiger partial charge >= 0.3 is 11.9 Å². The van der Waals surface area contributed by atoms with Crippen molar-refractivity contribution in [1.82, 2.24) is 0 Å². The van der Waals surface area contributed by atoms with Gasteiger partial charge in [0.25, 0.3) is 0 Å². The average Bonchev–Trinajstić information content (AvgIpc) is 2.24. The molecular weight excluding hydrogens is 232 g/mol. The summed E-state index contributed by atoms with van der Waals surface area (Å²) < 4.78 is 0. The van der Waals surface area contributed by atoms with E-state index in [0.717, 1.165) is 38.5 Å². The van der Waals surface area contributed by atoms with Gasteiger partial charge in [-0.05, 0) is 12.8 Å². The minimum absolute atomic E-state index is 0.245. The number of carbonyl (C=O) groups is 2. The fourth-order valence-corrected chi connectivity index (χ4v) is 1.26. The summed E-state index contributed by atoms with van der Waals surface area (Å²) in [5, 5.41) is 16.7. The lowest BCUT2D eigenvalue weighted by Crippen LogP contribution is -1.94. The molecule has 0 atom stereocenters. The highest BCUT2D eigenvalue weighted by atomic mass is 35.5. The molecule has 4 nitrogen and oxygen atoms in total. The smallest absolute Gasteiger partial charge is 0.303 e. The number of rotatable bonds is 9. The molecule has 0 spiro atoms. The number of hydrogen-bond acceptors (Lipinski definition) is 2. The summed E-state index contributed by atoms with van der Waals surface area (Å²) in [4.78, 5) is 20.3. The average molecular weight is 253 g/mol. The van der Waals surface area contributed by atoms with Crippen LogP contribution in [-0.2, 0) is 9.59 Å². The minimum atomic E-state index is -0.740. The lowest BCUT2D eigenvalue weighted by molar-refractivity contribution is -0.138. The number of carboxylic acid groups (broad SMARTS) is 2. The fraction of sp³-hybridized carbons (Fsp3) is 0.818. The Morgan fingerprint density at radius 2 is 1.00 bits per heavy atom. The molecule has 0 bridgehead atoms. The van der Waals surface area contributed by atoms with E-state index in [9.17, 15) is 9.59 Å². The molecule has 0 amide bonds. The molecule has 0 aromatic rings. The van der Waals surface area contributed by atoms with Crippen molar-refractivity contribution in [2.24, 2.45) is 0 Å². The predicted octanol–water partition coefficient (Wildman–Crippen LogP) is 3.13. The lowest BCUT2D eigenvalue weighted by atomic mass is 10.1. The van der Waals surface area contributed by atoms with E-state index in [-0.39, 0.29) is 12.8 Å². The maximum atomic E-state index is 10.1. The Morgan fingerprint density at radius 1 is 0.750 bits per heavy atom. The molecule has 0 unspecified atom stereocenters. The van der Waals surface area contributed by atoms with Crippen LogP contribution < -0.4 is 0 Å². The third kappa shape index (κ3) is 18.9. The summed E-state index contributed by atoms with van der Waals surface area (Å²) >= 11 is 4.64. The number of unbranched alkanes of at least 4 members (excludes halogenated alkanes) is 5. The van der Waals surface area contributed by atoms with Crippen LogP contribution in [-0.4, -0.2) is 28.5 Å². The fourth-order valence-electron chi connectivity index (χ4n) is 1.26. The van der Waals surface area contributed by atoms with Crippen molar-refractivity contribution in [1.29, 1.82) is 0 Å². The van der Waals surface area contributed by atoms with Gasteiger partial charge < -0.3 is 10.2 Å². The Balaban J connectivity index is 0.